The van der Waals surface area contributed by atoms with E-state index in [0.717, 1.165) is 51.6 Å². The zero-order valence-electron chi connectivity index (χ0n) is 20.6. The molecule has 1 aliphatic carbocycles. The number of hydrogen-bond acceptors (Lipinski definition) is 5. The van der Waals surface area contributed by atoms with Gasteiger partial charge in [-0.05, 0) is 52.4 Å². The van der Waals surface area contributed by atoms with Crippen molar-refractivity contribution in [2.45, 2.75) is 95.5 Å². The predicted octanol–water partition coefficient (Wildman–Crippen LogP) is 2.36. The number of sulfonamides is 1. The maximum absolute atomic E-state index is 13.6. The number of carbonyl (C=O) groups is 2. The second-order valence-corrected chi connectivity index (χ2v) is 12.0. The summed E-state index contributed by atoms with van der Waals surface area (Å²) < 4.78 is 30.2. The summed E-state index contributed by atoms with van der Waals surface area (Å²) in [6, 6.07) is 0.206. The van der Waals surface area contributed by atoms with Gasteiger partial charge in [-0.15, -0.1) is 0 Å². The summed E-state index contributed by atoms with van der Waals surface area (Å²) in [7, 11) is -3.82. The molecule has 3 fully saturated rings. The summed E-state index contributed by atoms with van der Waals surface area (Å²) >= 11 is 0. The Hall–Kier alpha value is -1.94. The fourth-order valence-electron chi connectivity index (χ4n) is 5.65. The lowest BCUT2D eigenvalue weighted by Gasteiger charge is -2.32. The number of hydrogen-bond donors (Lipinski definition) is 1. The van der Waals surface area contributed by atoms with Crippen LogP contribution in [0.1, 0.15) is 75.6 Å². The van der Waals surface area contributed by atoms with Gasteiger partial charge < -0.3 is 10.2 Å². The molecule has 3 heterocycles. The number of nitrogens with zero attached hydrogens (tertiary/aromatic N) is 4. The minimum atomic E-state index is -3.82. The second kappa shape index (κ2) is 10.8. The second-order valence-electron chi connectivity index (χ2n) is 10.1. The summed E-state index contributed by atoms with van der Waals surface area (Å²) in [5, 5.41) is 7.60. The van der Waals surface area contributed by atoms with E-state index in [0.29, 0.717) is 30.8 Å². The van der Waals surface area contributed by atoms with E-state index in [2.05, 4.69) is 10.4 Å². The van der Waals surface area contributed by atoms with Gasteiger partial charge in [0.1, 0.15) is 11.4 Å². The van der Waals surface area contributed by atoms with Gasteiger partial charge in [-0.1, -0.05) is 25.7 Å². The third kappa shape index (κ3) is 5.48. The highest BCUT2D eigenvalue weighted by molar-refractivity contribution is 7.89. The van der Waals surface area contributed by atoms with Gasteiger partial charge in [0, 0.05) is 32.2 Å². The van der Waals surface area contributed by atoms with Gasteiger partial charge >= 0.3 is 0 Å². The van der Waals surface area contributed by atoms with E-state index < -0.39 is 10.0 Å². The first-order chi connectivity index (χ1) is 16.3. The van der Waals surface area contributed by atoms with E-state index in [1.807, 2.05) is 4.90 Å². The third-order valence-electron chi connectivity index (χ3n) is 7.61. The Morgan fingerprint density at radius 1 is 0.941 bits per heavy atom. The Labute approximate surface area is 203 Å². The summed E-state index contributed by atoms with van der Waals surface area (Å²) in [6.45, 7) is 5.53. The number of amides is 2. The van der Waals surface area contributed by atoms with E-state index >= 15 is 0 Å². The Kier molecular flexibility index (Phi) is 7.97. The lowest BCUT2D eigenvalue weighted by atomic mass is 9.97. The molecule has 1 aromatic heterocycles. The first-order valence-electron chi connectivity index (χ1n) is 12.9. The maximum atomic E-state index is 13.6. The lowest BCUT2D eigenvalue weighted by Crippen LogP contribution is -2.47. The fraction of sp³-hybridized carbons (Fsp3) is 0.792. The van der Waals surface area contributed by atoms with E-state index in [9.17, 15) is 18.0 Å². The van der Waals surface area contributed by atoms with E-state index in [1.54, 1.807) is 13.8 Å². The molecule has 34 heavy (non-hydrogen) atoms. The van der Waals surface area contributed by atoms with Crippen molar-refractivity contribution in [1.29, 1.82) is 0 Å². The van der Waals surface area contributed by atoms with Gasteiger partial charge in [0.05, 0.1) is 17.3 Å². The van der Waals surface area contributed by atoms with Gasteiger partial charge in [0.2, 0.25) is 21.8 Å². The third-order valence-corrected chi connectivity index (χ3v) is 9.73. The first-order valence-corrected chi connectivity index (χ1v) is 14.3. The van der Waals surface area contributed by atoms with E-state index in [1.165, 1.54) is 21.8 Å². The number of aromatic nitrogens is 2. The molecule has 190 valence electrons. The number of piperidine rings is 1. The average Bonchev–Trinajstić information content (AvgIpc) is 3.36. The summed E-state index contributed by atoms with van der Waals surface area (Å²) in [4.78, 5) is 27.6. The van der Waals surface area contributed by atoms with Gasteiger partial charge in [-0.25, -0.2) is 8.42 Å². The predicted molar refractivity (Wildman–Crippen MR) is 129 cm³/mol. The summed E-state index contributed by atoms with van der Waals surface area (Å²) in [6.07, 6.45) is 10.1. The highest BCUT2D eigenvalue weighted by atomic mass is 32.2. The fourth-order valence-corrected chi connectivity index (χ4v) is 7.55. The highest BCUT2D eigenvalue weighted by Gasteiger charge is 2.37. The molecule has 2 amide bonds. The van der Waals surface area contributed by atoms with Gasteiger partial charge in [0.15, 0.2) is 0 Å². The van der Waals surface area contributed by atoms with Crippen LogP contribution in [0, 0.1) is 19.8 Å². The molecule has 0 spiro atoms. The van der Waals surface area contributed by atoms with Crippen molar-refractivity contribution in [3.05, 3.63) is 11.4 Å². The SMILES string of the molecule is Cc1nn(CC(=O)N2CCCC2)c(C)c1S(=O)(=O)N1CCC[C@@H](C(=O)NC2CCCCCC2)C1. The molecule has 4 rings (SSSR count). The zero-order chi connectivity index (χ0) is 24.3. The normalized spacial score (nSPS) is 23.1. The summed E-state index contributed by atoms with van der Waals surface area (Å²) in [5.74, 6) is -0.383. The average molecular weight is 494 g/mol. The molecule has 10 heteroatoms. The van der Waals surface area contributed by atoms with Crippen LogP contribution in [-0.2, 0) is 26.2 Å². The number of carbonyl (C=O) groups excluding carboxylic acids is 2. The van der Waals surface area contributed by atoms with Crippen LogP contribution in [0.25, 0.3) is 0 Å². The maximum Gasteiger partial charge on any atom is 0.246 e. The number of rotatable bonds is 6. The van der Waals surface area contributed by atoms with Crippen molar-refractivity contribution in [3.63, 3.8) is 0 Å². The molecular weight excluding hydrogens is 454 g/mol. The number of aryl methyl sites for hydroxylation is 1. The smallest absolute Gasteiger partial charge is 0.246 e. The quantitative estimate of drug-likeness (QED) is 0.613. The number of likely N-dealkylation sites (tertiary alicyclic amines) is 1. The molecule has 9 nitrogen and oxygen atoms in total. The molecule has 1 N–H and O–H groups in total. The van der Waals surface area contributed by atoms with Gasteiger partial charge in [-0.3, -0.25) is 14.3 Å². The van der Waals surface area contributed by atoms with Gasteiger partial charge in [0.25, 0.3) is 0 Å². The molecule has 0 unspecified atom stereocenters. The Bertz CT molecular complexity index is 991. The first kappa shape index (κ1) is 25.2. The monoisotopic (exact) mass is 493 g/mol. The molecule has 2 aliphatic heterocycles. The van der Waals surface area contributed by atoms with E-state index in [4.69, 9.17) is 0 Å². The largest absolute Gasteiger partial charge is 0.353 e. The van der Waals surface area contributed by atoms with Crippen molar-refractivity contribution >= 4 is 21.8 Å². The topological polar surface area (TPSA) is 105 Å². The van der Waals surface area contributed by atoms with Crippen molar-refractivity contribution in [2.24, 2.45) is 5.92 Å². The lowest BCUT2D eigenvalue weighted by molar-refractivity contribution is -0.131. The minimum Gasteiger partial charge on any atom is -0.353 e. The summed E-state index contributed by atoms with van der Waals surface area (Å²) in [5.41, 5.74) is 0.881. The molecule has 0 bridgehead atoms. The van der Waals surface area contributed by atoms with Crippen molar-refractivity contribution in [2.75, 3.05) is 26.2 Å². The highest BCUT2D eigenvalue weighted by Crippen LogP contribution is 2.28. The van der Waals surface area contributed by atoms with Crippen LogP contribution < -0.4 is 5.32 Å². The van der Waals surface area contributed by atoms with Crippen LogP contribution >= 0.6 is 0 Å². The van der Waals surface area contributed by atoms with Crippen LogP contribution in [0.2, 0.25) is 0 Å². The molecule has 3 aliphatic rings. The van der Waals surface area contributed by atoms with Crippen LogP contribution in [0.5, 0.6) is 0 Å². The molecule has 0 aromatic carbocycles. The number of nitrogens with one attached hydrogen (secondary N) is 1. The molecule has 1 atom stereocenters. The van der Waals surface area contributed by atoms with E-state index in [-0.39, 0.29) is 41.8 Å². The minimum absolute atomic E-state index is 0.0212. The Morgan fingerprint density at radius 2 is 1.62 bits per heavy atom. The molecule has 1 aromatic rings. The molecule has 2 saturated heterocycles. The van der Waals surface area contributed by atoms with Crippen molar-refractivity contribution < 1.29 is 18.0 Å². The zero-order valence-corrected chi connectivity index (χ0v) is 21.4. The standard InChI is InChI=1S/C24H39N5O4S/c1-18-23(19(2)29(26-18)17-22(30)27-13-7-8-14-27)34(32,33)28-15-9-10-20(16-28)24(31)25-21-11-5-3-4-6-12-21/h20-21H,3-17H2,1-2H3,(H,25,31)/t20-/m1/s1. The Balaban J connectivity index is 1.45. The molecule has 1 saturated carbocycles. The van der Waals surface area contributed by atoms with Gasteiger partial charge in [-0.2, -0.15) is 9.40 Å². The Morgan fingerprint density at radius 3 is 2.29 bits per heavy atom. The van der Waals surface area contributed by atoms with Crippen molar-refractivity contribution in [1.82, 2.24) is 24.3 Å². The van der Waals surface area contributed by atoms with Crippen LogP contribution in [0.15, 0.2) is 4.90 Å². The molecule has 0 radical (unpaired) electrons. The van der Waals surface area contributed by atoms with Crippen molar-refractivity contribution in [3.8, 4) is 0 Å². The van der Waals surface area contributed by atoms with Crippen LogP contribution in [0.3, 0.4) is 0 Å². The molecular formula is C24H39N5O4S. The van der Waals surface area contributed by atoms with Crippen LogP contribution in [0.4, 0.5) is 0 Å². The van der Waals surface area contributed by atoms with Crippen LogP contribution in [-0.4, -0.2) is 71.4 Å².